The zero-order valence-electron chi connectivity index (χ0n) is 13.3. The first kappa shape index (κ1) is 15.3. The van der Waals surface area contributed by atoms with E-state index in [0.29, 0.717) is 0 Å². The van der Waals surface area contributed by atoms with Crippen LogP contribution in [-0.2, 0) is 6.54 Å². The lowest BCUT2D eigenvalue weighted by atomic mass is 9.96. The van der Waals surface area contributed by atoms with Gasteiger partial charge in [-0.15, -0.1) is 0 Å². The lowest BCUT2D eigenvalue weighted by molar-refractivity contribution is 0.284. The van der Waals surface area contributed by atoms with Crippen molar-refractivity contribution in [3.05, 3.63) is 23.4 Å². The maximum absolute atomic E-state index is 4.68. The van der Waals surface area contributed by atoms with E-state index in [2.05, 4.69) is 47.2 Å². The predicted molar refractivity (Wildman–Crippen MR) is 85.2 cm³/mol. The second-order valence-corrected chi connectivity index (χ2v) is 6.21. The highest BCUT2D eigenvalue weighted by atomic mass is 15.2. The van der Waals surface area contributed by atoms with E-state index >= 15 is 0 Å². The number of aryl methyl sites for hydroxylation is 1. The Morgan fingerprint density at radius 2 is 2.05 bits per heavy atom. The minimum atomic E-state index is 0.838. The van der Waals surface area contributed by atoms with Crippen LogP contribution >= 0.6 is 0 Å². The summed E-state index contributed by atoms with van der Waals surface area (Å²) in [5.41, 5.74) is 2.56. The van der Waals surface area contributed by atoms with Crippen LogP contribution in [0, 0.1) is 12.8 Å². The fourth-order valence-corrected chi connectivity index (χ4v) is 3.10. The Balaban J connectivity index is 1.96. The average Bonchev–Trinajstić information content (AvgIpc) is 2.40. The van der Waals surface area contributed by atoms with Gasteiger partial charge in [-0.2, -0.15) is 0 Å². The van der Waals surface area contributed by atoms with Gasteiger partial charge < -0.3 is 15.1 Å². The van der Waals surface area contributed by atoms with E-state index in [4.69, 9.17) is 0 Å². The van der Waals surface area contributed by atoms with Crippen molar-refractivity contribution in [3.8, 4) is 0 Å². The molecule has 0 spiro atoms. The average molecular weight is 276 g/mol. The van der Waals surface area contributed by atoms with Gasteiger partial charge in [0, 0.05) is 32.4 Å². The fraction of sp³-hybridized carbons (Fsp3) is 0.688. The summed E-state index contributed by atoms with van der Waals surface area (Å²) in [7, 11) is 6.30. The summed E-state index contributed by atoms with van der Waals surface area (Å²) in [6, 6.07) is 2.25. The number of hydrogen-bond acceptors (Lipinski definition) is 4. The smallest absolute Gasteiger partial charge is 0.131 e. The summed E-state index contributed by atoms with van der Waals surface area (Å²) < 4.78 is 0. The largest absolute Gasteiger partial charge is 0.356 e. The van der Waals surface area contributed by atoms with Crippen LogP contribution in [0.2, 0.25) is 0 Å². The summed E-state index contributed by atoms with van der Waals surface area (Å²) in [5, 5.41) is 3.18. The van der Waals surface area contributed by atoms with Gasteiger partial charge in [-0.05, 0) is 64.0 Å². The molecule has 1 aliphatic rings. The highest BCUT2D eigenvalue weighted by Crippen LogP contribution is 2.25. The van der Waals surface area contributed by atoms with E-state index in [1.807, 2.05) is 13.2 Å². The number of pyridine rings is 1. The molecule has 4 nitrogen and oxygen atoms in total. The Hall–Kier alpha value is -1.13. The van der Waals surface area contributed by atoms with E-state index in [1.165, 1.54) is 36.3 Å². The maximum Gasteiger partial charge on any atom is 0.131 e. The molecule has 0 bridgehead atoms. The quantitative estimate of drug-likeness (QED) is 0.890. The van der Waals surface area contributed by atoms with Gasteiger partial charge in [0.1, 0.15) is 5.82 Å². The molecule has 0 radical (unpaired) electrons. The zero-order chi connectivity index (χ0) is 14.5. The number of rotatable bonds is 5. The van der Waals surface area contributed by atoms with Crippen LogP contribution in [0.25, 0.3) is 0 Å². The van der Waals surface area contributed by atoms with Crippen LogP contribution in [0.5, 0.6) is 0 Å². The molecule has 0 aromatic carbocycles. The molecule has 0 atom stereocenters. The van der Waals surface area contributed by atoms with E-state index in [0.717, 1.165) is 25.6 Å². The molecule has 1 N–H and O–H groups in total. The molecule has 4 heteroatoms. The normalized spacial score (nSPS) is 16.9. The number of aromatic nitrogens is 1. The Labute approximate surface area is 123 Å². The van der Waals surface area contributed by atoms with Crippen LogP contribution < -0.4 is 10.2 Å². The Morgan fingerprint density at radius 3 is 2.60 bits per heavy atom. The van der Waals surface area contributed by atoms with Crippen molar-refractivity contribution in [3.63, 3.8) is 0 Å². The second-order valence-electron chi connectivity index (χ2n) is 6.21. The second kappa shape index (κ2) is 7.04. The van der Waals surface area contributed by atoms with Crippen molar-refractivity contribution >= 4 is 5.82 Å². The summed E-state index contributed by atoms with van der Waals surface area (Å²) in [6.07, 6.45) is 4.56. The van der Waals surface area contributed by atoms with Gasteiger partial charge in [-0.25, -0.2) is 4.98 Å². The van der Waals surface area contributed by atoms with E-state index in [1.54, 1.807) is 0 Å². The minimum absolute atomic E-state index is 0.838. The molecule has 20 heavy (non-hydrogen) atoms. The number of anilines is 1. The summed E-state index contributed by atoms with van der Waals surface area (Å²) in [4.78, 5) is 9.43. The van der Waals surface area contributed by atoms with Crippen LogP contribution in [0.1, 0.15) is 24.0 Å². The molecule has 2 rings (SSSR count). The molecule has 0 saturated carbocycles. The summed E-state index contributed by atoms with van der Waals surface area (Å²) in [6.45, 7) is 6.54. The van der Waals surface area contributed by atoms with Gasteiger partial charge in [0.15, 0.2) is 0 Å². The highest BCUT2D eigenvalue weighted by Gasteiger charge is 2.21. The first-order valence-corrected chi connectivity index (χ1v) is 7.60. The molecule has 1 aromatic rings. The lowest BCUT2D eigenvalue weighted by Gasteiger charge is -2.34. The standard InChI is InChI=1S/C16H28N4/c1-13-9-15(10-17-2)11-18-16(13)20-7-5-14(6-8-20)12-19(3)4/h9,11,14,17H,5-8,10,12H2,1-4H3. The number of piperidine rings is 1. The molecule has 1 fully saturated rings. The molecule has 1 aromatic heterocycles. The summed E-state index contributed by atoms with van der Waals surface area (Å²) >= 11 is 0. The van der Waals surface area contributed by atoms with Gasteiger partial charge in [0.2, 0.25) is 0 Å². The van der Waals surface area contributed by atoms with Crippen LogP contribution in [0.4, 0.5) is 5.82 Å². The van der Waals surface area contributed by atoms with Gasteiger partial charge in [0.05, 0.1) is 0 Å². The van der Waals surface area contributed by atoms with Crippen molar-refractivity contribution < 1.29 is 0 Å². The predicted octanol–water partition coefficient (Wildman–Crippen LogP) is 1.89. The zero-order valence-corrected chi connectivity index (χ0v) is 13.3. The van der Waals surface area contributed by atoms with Crippen molar-refractivity contribution in [2.24, 2.45) is 5.92 Å². The molecule has 2 heterocycles. The van der Waals surface area contributed by atoms with Gasteiger partial charge in [-0.1, -0.05) is 0 Å². The molecule has 0 amide bonds. The first-order valence-electron chi connectivity index (χ1n) is 7.60. The van der Waals surface area contributed by atoms with Crippen molar-refractivity contribution in [2.75, 3.05) is 45.7 Å². The highest BCUT2D eigenvalue weighted by molar-refractivity contribution is 5.47. The van der Waals surface area contributed by atoms with Gasteiger partial charge in [-0.3, -0.25) is 0 Å². The molecule has 1 aliphatic heterocycles. The third kappa shape index (κ3) is 3.93. The van der Waals surface area contributed by atoms with E-state index < -0.39 is 0 Å². The van der Waals surface area contributed by atoms with Crippen molar-refractivity contribution in [1.82, 2.24) is 15.2 Å². The molecular formula is C16H28N4. The van der Waals surface area contributed by atoms with Gasteiger partial charge >= 0.3 is 0 Å². The van der Waals surface area contributed by atoms with Crippen molar-refractivity contribution in [1.29, 1.82) is 0 Å². The van der Waals surface area contributed by atoms with E-state index in [-0.39, 0.29) is 0 Å². The monoisotopic (exact) mass is 276 g/mol. The van der Waals surface area contributed by atoms with Crippen LogP contribution in [-0.4, -0.2) is 50.7 Å². The molecule has 0 unspecified atom stereocenters. The number of hydrogen-bond donors (Lipinski definition) is 1. The Kier molecular flexibility index (Phi) is 5.38. The number of nitrogens with one attached hydrogen (secondary N) is 1. The molecule has 112 valence electrons. The first-order chi connectivity index (χ1) is 9.60. The van der Waals surface area contributed by atoms with Crippen LogP contribution in [0.3, 0.4) is 0 Å². The Morgan fingerprint density at radius 1 is 1.35 bits per heavy atom. The molecule has 1 saturated heterocycles. The fourth-order valence-electron chi connectivity index (χ4n) is 3.10. The SMILES string of the molecule is CNCc1cnc(N2CCC(CN(C)C)CC2)c(C)c1. The van der Waals surface area contributed by atoms with Crippen molar-refractivity contribution in [2.45, 2.75) is 26.3 Å². The third-order valence-electron chi connectivity index (χ3n) is 4.03. The third-order valence-corrected chi connectivity index (χ3v) is 4.03. The van der Waals surface area contributed by atoms with Crippen LogP contribution in [0.15, 0.2) is 12.3 Å². The number of nitrogens with zero attached hydrogens (tertiary/aromatic N) is 3. The Bertz CT molecular complexity index is 422. The minimum Gasteiger partial charge on any atom is -0.356 e. The maximum atomic E-state index is 4.68. The summed E-state index contributed by atoms with van der Waals surface area (Å²) in [5.74, 6) is 2.01. The molecular weight excluding hydrogens is 248 g/mol. The molecule has 0 aliphatic carbocycles. The lowest BCUT2D eigenvalue weighted by Crippen LogP contribution is -2.37. The van der Waals surface area contributed by atoms with Gasteiger partial charge in [0.25, 0.3) is 0 Å². The topological polar surface area (TPSA) is 31.4 Å². The van der Waals surface area contributed by atoms with E-state index in [9.17, 15) is 0 Å².